The van der Waals surface area contributed by atoms with Gasteiger partial charge in [-0.15, -0.1) is 0 Å². The summed E-state index contributed by atoms with van der Waals surface area (Å²) >= 11 is 0. The molecule has 3 aromatic carbocycles. The van der Waals surface area contributed by atoms with Gasteiger partial charge in [0.25, 0.3) is 10.1 Å². The minimum absolute atomic E-state index is 0.130. The minimum Gasteiger partial charge on any atom is -0.494 e. The van der Waals surface area contributed by atoms with Crippen molar-refractivity contribution in [3.05, 3.63) is 60.7 Å². The molecule has 0 atom stereocenters. The topological polar surface area (TPSA) is 88.3 Å². The largest absolute Gasteiger partial charge is 0.494 e. The van der Waals surface area contributed by atoms with Crippen molar-refractivity contribution in [2.24, 2.45) is 10.3 Å². The highest BCUT2D eigenvalue weighted by atomic mass is 32.2. The summed E-state index contributed by atoms with van der Waals surface area (Å²) in [6.45, 7) is 0. The molecule has 0 unspecified atom stereocenters. The van der Waals surface area contributed by atoms with Gasteiger partial charge in [0.1, 0.15) is 11.4 Å². The van der Waals surface area contributed by atoms with Crippen LogP contribution < -0.4 is 9.33 Å². The molecule has 140 valence electrons. The Morgan fingerprint density at radius 1 is 1.00 bits per heavy atom. The van der Waals surface area contributed by atoms with Gasteiger partial charge in [0.2, 0.25) is 0 Å². The molecule has 0 heterocycles. The fourth-order valence-electron chi connectivity index (χ4n) is 2.79. The Morgan fingerprint density at radius 2 is 1.70 bits per heavy atom. The quantitative estimate of drug-likeness (QED) is 0.305. The number of hydrogen-bond donors (Lipinski definition) is 1. The Balaban J connectivity index is 2.01. The van der Waals surface area contributed by atoms with Gasteiger partial charge >= 0.3 is 0 Å². The Morgan fingerprint density at radius 3 is 2.41 bits per heavy atom. The van der Waals surface area contributed by atoms with Crippen LogP contribution in [-0.4, -0.2) is 34.2 Å². The van der Waals surface area contributed by atoms with Crippen molar-refractivity contribution >= 4 is 32.3 Å². The van der Waals surface area contributed by atoms with Crippen molar-refractivity contribution in [2.45, 2.75) is 4.90 Å². The first-order valence-corrected chi connectivity index (χ1v) is 9.57. The van der Waals surface area contributed by atoms with Crippen LogP contribution in [0, 0.1) is 0 Å². The van der Waals surface area contributed by atoms with Crippen molar-refractivity contribution in [1.29, 1.82) is 0 Å². The van der Waals surface area contributed by atoms with Crippen LogP contribution in [0.5, 0.6) is 5.75 Å². The van der Waals surface area contributed by atoms with E-state index in [0.717, 1.165) is 16.5 Å². The lowest BCUT2D eigenvalue weighted by atomic mass is 10.1. The smallest absolute Gasteiger partial charge is 0.294 e. The molecular weight excluding hydrogens is 366 g/mol. The zero-order valence-electron chi connectivity index (χ0n) is 15.2. The maximum Gasteiger partial charge on any atom is 0.294 e. The number of quaternary nitrogens is 1. The van der Waals surface area contributed by atoms with Crippen LogP contribution in [0.25, 0.3) is 10.8 Å². The maximum atomic E-state index is 11.3. The fraction of sp³-hybridized carbons (Fsp3) is 0.158. The van der Waals surface area contributed by atoms with E-state index in [1.807, 2.05) is 56.6 Å². The summed E-state index contributed by atoms with van der Waals surface area (Å²) in [7, 11) is 0.863. The van der Waals surface area contributed by atoms with E-state index in [1.165, 1.54) is 25.3 Å². The van der Waals surface area contributed by atoms with E-state index in [2.05, 4.69) is 10.3 Å². The van der Waals surface area contributed by atoms with E-state index in [9.17, 15) is 8.42 Å². The number of hydrogen-bond acceptors (Lipinski definition) is 5. The Hall–Kier alpha value is -2.81. The van der Waals surface area contributed by atoms with Gasteiger partial charge in [0.05, 0.1) is 26.1 Å². The molecular formula is C19H20N3O4S+. The van der Waals surface area contributed by atoms with Crippen molar-refractivity contribution < 1.29 is 17.7 Å². The van der Waals surface area contributed by atoms with Crippen molar-refractivity contribution in [2.75, 3.05) is 21.2 Å². The second-order valence-corrected chi connectivity index (χ2v) is 7.81. The van der Waals surface area contributed by atoms with Gasteiger partial charge in [-0.25, -0.2) is 0 Å². The van der Waals surface area contributed by atoms with E-state index in [-0.39, 0.29) is 15.2 Å². The van der Waals surface area contributed by atoms with E-state index in [0.29, 0.717) is 5.69 Å². The Kier molecular flexibility index (Phi) is 4.97. The number of nitrogens with zero attached hydrogens (tertiary/aromatic N) is 3. The fourth-order valence-corrected chi connectivity index (χ4v) is 3.29. The average Bonchev–Trinajstić information content (AvgIpc) is 2.65. The van der Waals surface area contributed by atoms with Crippen LogP contribution >= 0.6 is 0 Å². The average molecular weight is 386 g/mol. The van der Waals surface area contributed by atoms with Crippen LogP contribution in [0.4, 0.5) is 11.4 Å². The molecule has 0 saturated carbocycles. The molecule has 0 aliphatic heterocycles. The van der Waals surface area contributed by atoms with Gasteiger partial charge in [-0.2, -0.15) is 13.0 Å². The first-order valence-electron chi connectivity index (χ1n) is 8.13. The normalized spacial score (nSPS) is 12.6. The lowest BCUT2D eigenvalue weighted by Gasteiger charge is -2.21. The molecule has 8 heteroatoms. The standard InChI is InChI=1S/C19H19N3O4S/c1-22(2,18-10-6-8-14-7-4-5-9-16(14)18)21-20-17-12-11-15(27(23,24)25)13-19(17)26-3/h4-13H,1-3H3/p+1. The number of methoxy groups -OCH3 is 1. The first-order chi connectivity index (χ1) is 12.7. The van der Waals surface area contributed by atoms with Crippen molar-refractivity contribution in [1.82, 2.24) is 4.59 Å². The summed E-state index contributed by atoms with van der Waals surface area (Å²) in [6, 6.07) is 17.9. The predicted molar refractivity (Wildman–Crippen MR) is 105 cm³/mol. The SMILES string of the molecule is COc1cc(S(=O)(=O)O)ccc1N=N[N+](C)(C)c1cccc2ccccc12. The van der Waals surface area contributed by atoms with Crippen LogP contribution in [-0.2, 0) is 10.1 Å². The second-order valence-electron chi connectivity index (χ2n) is 6.39. The highest BCUT2D eigenvalue weighted by molar-refractivity contribution is 7.85. The summed E-state index contributed by atoms with van der Waals surface area (Å²) < 4.78 is 37.0. The number of rotatable bonds is 5. The van der Waals surface area contributed by atoms with Gasteiger partial charge in [0.15, 0.2) is 5.69 Å². The molecule has 0 fully saturated rings. The molecule has 0 spiro atoms. The zero-order valence-corrected chi connectivity index (χ0v) is 16.0. The lowest BCUT2D eigenvalue weighted by Crippen LogP contribution is -2.33. The van der Waals surface area contributed by atoms with E-state index in [1.54, 1.807) is 0 Å². The lowest BCUT2D eigenvalue weighted by molar-refractivity contribution is 0.393. The first kappa shape index (κ1) is 19.0. The summed E-state index contributed by atoms with van der Waals surface area (Å²) in [5, 5.41) is 10.8. The number of fused-ring (bicyclic) bond motifs is 1. The van der Waals surface area contributed by atoms with Gasteiger partial charge in [-0.1, -0.05) is 35.4 Å². The van der Waals surface area contributed by atoms with Crippen molar-refractivity contribution in [3.8, 4) is 5.75 Å². The van der Waals surface area contributed by atoms with E-state index < -0.39 is 10.1 Å². The van der Waals surface area contributed by atoms with Crippen molar-refractivity contribution in [3.63, 3.8) is 0 Å². The summed E-state index contributed by atoms with van der Waals surface area (Å²) in [4.78, 5) is -0.263. The molecule has 0 aliphatic carbocycles. The third-order valence-corrected chi connectivity index (χ3v) is 5.03. The highest BCUT2D eigenvalue weighted by Crippen LogP contribution is 2.33. The third kappa shape index (κ3) is 3.97. The third-order valence-electron chi connectivity index (χ3n) is 4.18. The summed E-state index contributed by atoms with van der Waals surface area (Å²) in [6.07, 6.45) is 0. The molecule has 0 aliphatic rings. The summed E-state index contributed by atoms with van der Waals surface area (Å²) in [5.74, 6) is 0.201. The number of benzene rings is 3. The van der Waals surface area contributed by atoms with E-state index in [4.69, 9.17) is 9.29 Å². The van der Waals surface area contributed by atoms with Crippen LogP contribution in [0.3, 0.4) is 0 Å². The van der Waals surface area contributed by atoms with Gasteiger partial charge < -0.3 is 4.74 Å². The number of ether oxygens (including phenoxy) is 1. The molecule has 0 aromatic heterocycles. The maximum absolute atomic E-state index is 11.3. The van der Waals surface area contributed by atoms with Crippen LogP contribution in [0.1, 0.15) is 0 Å². The molecule has 27 heavy (non-hydrogen) atoms. The minimum atomic E-state index is -4.32. The van der Waals surface area contributed by atoms with Gasteiger partial charge in [0, 0.05) is 22.7 Å². The molecule has 7 nitrogen and oxygen atoms in total. The Labute approximate surface area is 157 Å². The van der Waals surface area contributed by atoms with Crippen LogP contribution in [0.2, 0.25) is 0 Å². The molecule has 0 saturated heterocycles. The second kappa shape index (κ2) is 7.07. The van der Waals surface area contributed by atoms with Gasteiger partial charge in [-0.05, 0) is 23.6 Å². The molecule has 0 radical (unpaired) electrons. The molecule has 0 amide bonds. The molecule has 3 rings (SSSR count). The zero-order chi connectivity index (χ0) is 19.7. The molecule has 0 bridgehead atoms. The predicted octanol–water partition coefficient (Wildman–Crippen LogP) is 4.36. The van der Waals surface area contributed by atoms with Gasteiger partial charge in [-0.3, -0.25) is 4.55 Å². The molecule has 3 aromatic rings. The molecule has 1 N–H and O–H groups in total. The van der Waals surface area contributed by atoms with E-state index >= 15 is 0 Å². The van der Waals surface area contributed by atoms with Crippen LogP contribution in [0.15, 0.2) is 75.9 Å². The Bertz CT molecular complexity index is 1120. The highest BCUT2D eigenvalue weighted by Gasteiger charge is 2.22. The summed E-state index contributed by atoms with van der Waals surface area (Å²) in [5.41, 5.74) is 1.32. The monoisotopic (exact) mass is 386 g/mol.